The molecule has 6 nitrogen and oxygen atoms in total. The largest absolute Gasteiger partial charge is 0.438 e. The van der Waals surface area contributed by atoms with E-state index in [-0.39, 0.29) is 11.7 Å². The van der Waals surface area contributed by atoms with Crippen LogP contribution in [0, 0.1) is 0 Å². The van der Waals surface area contributed by atoms with Crippen LogP contribution in [0.2, 0.25) is 0 Å². The van der Waals surface area contributed by atoms with E-state index in [2.05, 4.69) is 17.1 Å². The average molecular weight is 475 g/mol. The third-order valence-electron chi connectivity index (χ3n) is 6.66. The molecule has 0 aliphatic carbocycles. The molecule has 1 saturated heterocycles. The predicted molar refractivity (Wildman–Crippen MR) is 137 cm³/mol. The summed E-state index contributed by atoms with van der Waals surface area (Å²) in [5.74, 6) is 0. The van der Waals surface area contributed by atoms with Gasteiger partial charge in [-0.05, 0) is 55.0 Å². The van der Waals surface area contributed by atoms with Crippen molar-refractivity contribution in [2.75, 3.05) is 13.1 Å². The summed E-state index contributed by atoms with van der Waals surface area (Å²) in [6, 6.07) is 19.9. The molecule has 6 heteroatoms. The summed E-state index contributed by atoms with van der Waals surface area (Å²) in [5, 5.41) is 10.5. The molecule has 1 fully saturated rings. The highest BCUT2D eigenvalue weighted by molar-refractivity contribution is 5.69. The fourth-order valence-corrected chi connectivity index (χ4v) is 4.85. The molecule has 1 amide bonds. The summed E-state index contributed by atoms with van der Waals surface area (Å²) in [4.78, 5) is 29.4. The van der Waals surface area contributed by atoms with Gasteiger partial charge in [-0.25, -0.2) is 4.79 Å². The van der Waals surface area contributed by atoms with Gasteiger partial charge < -0.3 is 19.7 Å². The Kier molecular flexibility index (Phi) is 7.13. The maximum atomic E-state index is 13.0. The second-order valence-corrected chi connectivity index (χ2v) is 10.00. The van der Waals surface area contributed by atoms with Crippen LogP contribution in [0.3, 0.4) is 0 Å². The number of aromatic amines is 1. The van der Waals surface area contributed by atoms with Gasteiger partial charge in [-0.2, -0.15) is 0 Å². The molecule has 184 valence electrons. The third kappa shape index (κ3) is 5.82. The number of H-pyrrole nitrogens is 1. The van der Waals surface area contributed by atoms with Crippen molar-refractivity contribution in [3.05, 3.63) is 93.9 Å². The normalized spacial score (nSPS) is 18.4. The van der Waals surface area contributed by atoms with Crippen molar-refractivity contribution in [1.29, 1.82) is 0 Å². The van der Waals surface area contributed by atoms with Crippen molar-refractivity contribution in [1.82, 2.24) is 9.88 Å². The fraction of sp³-hybridized carbons (Fsp3) is 0.379. The Labute approximate surface area is 206 Å². The summed E-state index contributed by atoms with van der Waals surface area (Å²) < 4.78 is 6.04. The molecule has 0 bridgehead atoms. The van der Waals surface area contributed by atoms with Gasteiger partial charge in [0.2, 0.25) is 0 Å². The maximum absolute atomic E-state index is 13.0. The van der Waals surface area contributed by atoms with Crippen LogP contribution in [0.5, 0.6) is 0 Å². The first-order chi connectivity index (χ1) is 16.7. The number of benzene rings is 2. The van der Waals surface area contributed by atoms with Gasteiger partial charge in [0.05, 0.1) is 5.60 Å². The smallest absolute Gasteiger partial charge is 0.410 e. The standard InChI is InChI=1S/C29H34N2O4/c1-4-22-18-24(19-30-26(22)32)23-12-10-21(11-13-23)14-16-31-17-15-29(35-27(31)33,20-28(2,3)34)25-8-6-5-7-9-25/h5-13,18-19,34H,4,14-17,20H2,1-3H3,(H,30,32)/t29-/m0/s1. The molecule has 0 saturated carbocycles. The van der Waals surface area contributed by atoms with Crippen molar-refractivity contribution in [2.24, 2.45) is 0 Å². The minimum Gasteiger partial charge on any atom is -0.438 e. The molecule has 1 aliphatic rings. The number of aromatic nitrogens is 1. The van der Waals surface area contributed by atoms with Crippen LogP contribution >= 0.6 is 0 Å². The topological polar surface area (TPSA) is 82.6 Å². The van der Waals surface area contributed by atoms with Gasteiger partial charge in [-0.3, -0.25) is 4.79 Å². The van der Waals surface area contributed by atoms with Crippen molar-refractivity contribution in [3.63, 3.8) is 0 Å². The first-order valence-corrected chi connectivity index (χ1v) is 12.3. The molecule has 35 heavy (non-hydrogen) atoms. The van der Waals surface area contributed by atoms with Crippen LogP contribution < -0.4 is 5.56 Å². The van der Waals surface area contributed by atoms with E-state index in [9.17, 15) is 14.7 Å². The molecule has 0 unspecified atom stereocenters. The van der Waals surface area contributed by atoms with Gasteiger partial charge in [0.15, 0.2) is 0 Å². The summed E-state index contributed by atoms with van der Waals surface area (Å²) >= 11 is 0. The maximum Gasteiger partial charge on any atom is 0.410 e. The summed E-state index contributed by atoms with van der Waals surface area (Å²) in [5.41, 5.74) is 2.99. The number of aliphatic hydroxyl groups is 1. The van der Waals surface area contributed by atoms with E-state index in [1.165, 1.54) is 0 Å². The molecular weight excluding hydrogens is 440 g/mol. The van der Waals surface area contributed by atoms with Gasteiger partial charge in [0.25, 0.3) is 5.56 Å². The lowest BCUT2D eigenvalue weighted by Crippen LogP contribution is -2.51. The predicted octanol–water partition coefficient (Wildman–Crippen LogP) is 5.05. The number of aryl methyl sites for hydroxylation is 1. The Hall–Kier alpha value is -3.38. The molecule has 1 atom stereocenters. The van der Waals surface area contributed by atoms with Gasteiger partial charge in [0.1, 0.15) is 5.60 Å². The SMILES string of the molecule is CCc1cc(-c2ccc(CCN3CC[C@](CC(C)(C)O)(c4ccccc4)OC3=O)cc2)c[nH]c1=O. The molecule has 2 aromatic carbocycles. The van der Waals surface area contributed by atoms with Crippen molar-refractivity contribution in [2.45, 2.75) is 57.7 Å². The molecule has 4 rings (SSSR count). The number of nitrogens with zero attached hydrogens (tertiary/aromatic N) is 1. The van der Waals surface area contributed by atoms with Crippen LogP contribution in [0.15, 0.2) is 71.7 Å². The zero-order valence-electron chi connectivity index (χ0n) is 20.7. The minimum absolute atomic E-state index is 0.0416. The number of carbonyl (C=O) groups is 1. The van der Waals surface area contributed by atoms with Crippen LogP contribution in [-0.2, 0) is 23.2 Å². The highest BCUT2D eigenvalue weighted by atomic mass is 16.6. The number of carbonyl (C=O) groups excluding carboxylic acids is 1. The van der Waals surface area contributed by atoms with Crippen LogP contribution in [-0.4, -0.2) is 39.8 Å². The lowest BCUT2D eigenvalue weighted by atomic mass is 9.80. The second-order valence-electron chi connectivity index (χ2n) is 10.00. The Morgan fingerprint density at radius 3 is 2.40 bits per heavy atom. The second kappa shape index (κ2) is 10.1. The fourth-order valence-electron chi connectivity index (χ4n) is 4.85. The van der Waals surface area contributed by atoms with E-state index in [0.29, 0.717) is 38.8 Å². The summed E-state index contributed by atoms with van der Waals surface area (Å²) in [6.07, 6.45) is 3.76. The molecule has 3 aromatic rings. The number of cyclic esters (lactones) is 1. The third-order valence-corrected chi connectivity index (χ3v) is 6.66. The zero-order chi connectivity index (χ0) is 25.1. The quantitative estimate of drug-likeness (QED) is 0.479. The number of hydrogen-bond acceptors (Lipinski definition) is 4. The van der Waals surface area contributed by atoms with Gasteiger partial charge in [-0.15, -0.1) is 0 Å². The molecular formula is C29H34N2O4. The number of rotatable bonds is 8. The monoisotopic (exact) mass is 474 g/mol. The van der Waals surface area contributed by atoms with Gasteiger partial charge >= 0.3 is 6.09 Å². The number of nitrogens with one attached hydrogen (secondary N) is 1. The number of pyridine rings is 1. The van der Waals surface area contributed by atoms with E-state index in [1.807, 2.05) is 55.5 Å². The summed E-state index contributed by atoms with van der Waals surface area (Å²) in [7, 11) is 0. The minimum atomic E-state index is -0.969. The number of hydrogen-bond donors (Lipinski definition) is 2. The van der Waals surface area contributed by atoms with Crippen LogP contribution in [0.4, 0.5) is 4.79 Å². The first-order valence-electron chi connectivity index (χ1n) is 12.3. The van der Waals surface area contributed by atoms with E-state index >= 15 is 0 Å². The highest BCUT2D eigenvalue weighted by Crippen LogP contribution is 2.40. The van der Waals surface area contributed by atoms with Crippen LogP contribution in [0.1, 0.15) is 50.3 Å². The Morgan fingerprint density at radius 1 is 1.06 bits per heavy atom. The number of amides is 1. The lowest BCUT2D eigenvalue weighted by Gasteiger charge is -2.44. The van der Waals surface area contributed by atoms with E-state index in [0.717, 1.165) is 27.8 Å². The van der Waals surface area contributed by atoms with Gasteiger partial charge in [0, 0.05) is 37.7 Å². The molecule has 1 aliphatic heterocycles. The lowest BCUT2D eigenvalue weighted by molar-refractivity contribution is -0.0960. The van der Waals surface area contributed by atoms with Crippen molar-refractivity contribution < 1.29 is 14.6 Å². The van der Waals surface area contributed by atoms with Crippen LogP contribution in [0.25, 0.3) is 11.1 Å². The van der Waals surface area contributed by atoms with E-state index in [4.69, 9.17) is 4.74 Å². The van der Waals surface area contributed by atoms with Crippen molar-refractivity contribution in [3.8, 4) is 11.1 Å². The molecule has 0 spiro atoms. The molecule has 2 N–H and O–H groups in total. The Balaban J connectivity index is 1.41. The zero-order valence-corrected chi connectivity index (χ0v) is 20.7. The Bertz CT molecular complexity index is 1210. The molecule has 2 heterocycles. The Morgan fingerprint density at radius 2 is 1.77 bits per heavy atom. The average Bonchev–Trinajstić information content (AvgIpc) is 2.84. The highest BCUT2D eigenvalue weighted by Gasteiger charge is 2.45. The molecule has 0 radical (unpaired) electrons. The van der Waals surface area contributed by atoms with E-state index < -0.39 is 11.2 Å². The van der Waals surface area contributed by atoms with Gasteiger partial charge in [-0.1, -0.05) is 61.5 Å². The molecule has 1 aromatic heterocycles. The number of ether oxygens (including phenoxy) is 1. The van der Waals surface area contributed by atoms with Crippen molar-refractivity contribution >= 4 is 6.09 Å². The first kappa shape index (κ1) is 24.7. The summed E-state index contributed by atoms with van der Waals surface area (Å²) in [6.45, 7) is 6.59. The van der Waals surface area contributed by atoms with E-state index in [1.54, 1.807) is 24.9 Å².